The molecule has 1 fully saturated rings. The van der Waals surface area contributed by atoms with Gasteiger partial charge in [-0.15, -0.1) is 17.7 Å². The molecule has 0 saturated carbocycles. The number of Topliss-reactive ketones (excluding diaryl/α,β-unsaturated/α-hetero) is 1. The average molecular weight is 214 g/mol. The predicted octanol–water partition coefficient (Wildman–Crippen LogP) is 2.21. The van der Waals surface area contributed by atoms with Crippen LogP contribution in [0.2, 0.25) is 0 Å². The lowest BCUT2D eigenvalue weighted by molar-refractivity contribution is -0.117. The van der Waals surface area contributed by atoms with Crippen molar-refractivity contribution in [3.63, 3.8) is 0 Å². The highest BCUT2D eigenvalue weighted by Crippen LogP contribution is 2.31. The quantitative estimate of drug-likeness (QED) is 0.656. The second-order valence-electron chi connectivity index (χ2n) is 2.94. The first-order valence-electron chi connectivity index (χ1n) is 4.41. The molecular weight excluding hydrogens is 200 g/mol. The summed E-state index contributed by atoms with van der Waals surface area (Å²) in [6, 6.07) is 0. The minimum absolute atomic E-state index is 0.180. The van der Waals surface area contributed by atoms with Crippen molar-refractivity contribution in [1.82, 2.24) is 0 Å². The zero-order chi connectivity index (χ0) is 9.68. The van der Waals surface area contributed by atoms with Crippen LogP contribution < -0.4 is 0 Å². The molecule has 1 aliphatic rings. The molecule has 0 amide bonds. The highest BCUT2D eigenvalue weighted by molar-refractivity contribution is 8.07. The zero-order valence-electron chi connectivity index (χ0n) is 8.00. The van der Waals surface area contributed by atoms with E-state index in [1.807, 2.05) is 11.8 Å². The van der Waals surface area contributed by atoms with E-state index in [-0.39, 0.29) is 5.25 Å². The number of hydrogen-bond donors (Lipinski definition) is 0. The van der Waals surface area contributed by atoms with Gasteiger partial charge in [-0.3, -0.25) is 4.79 Å². The Kier molecular flexibility index (Phi) is 4.76. The van der Waals surface area contributed by atoms with E-state index in [9.17, 15) is 4.79 Å². The van der Waals surface area contributed by atoms with Crippen LogP contribution >= 0.6 is 23.5 Å². The molecule has 1 saturated heterocycles. The molecule has 2 atom stereocenters. The number of thioether (sulfide) groups is 2. The Bertz CT molecular complexity index is 239. The summed E-state index contributed by atoms with van der Waals surface area (Å²) in [5.41, 5.74) is 0. The third kappa shape index (κ3) is 3.28. The van der Waals surface area contributed by atoms with Gasteiger partial charge in [-0.05, 0) is 6.92 Å². The van der Waals surface area contributed by atoms with Crippen LogP contribution in [0.25, 0.3) is 0 Å². The number of hydrogen-bond acceptors (Lipinski definition) is 3. The van der Waals surface area contributed by atoms with Crippen LogP contribution in [-0.4, -0.2) is 27.8 Å². The fourth-order valence-electron chi connectivity index (χ4n) is 1.26. The topological polar surface area (TPSA) is 17.1 Å². The van der Waals surface area contributed by atoms with E-state index in [2.05, 4.69) is 18.8 Å². The predicted molar refractivity (Wildman–Crippen MR) is 61.2 cm³/mol. The summed E-state index contributed by atoms with van der Waals surface area (Å²) in [6.45, 7) is 3.91. The van der Waals surface area contributed by atoms with Gasteiger partial charge in [0.25, 0.3) is 0 Å². The van der Waals surface area contributed by atoms with Gasteiger partial charge in [0.15, 0.2) is 5.78 Å². The van der Waals surface area contributed by atoms with Gasteiger partial charge in [-0.1, -0.05) is 12.8 Å². The Balaban J connectivity index is 2.47. The Morgan fingerprint density at radius 1 is 1.46 bits per heavy atom. The zero-order valence-corrected chi connectivity index (χ0v) is 9.63. The van der Waals surface area contributed by atoms with E-state index >= 15 is 0 Å². The van der Waals surface area contributed by atoms with E-state index in [4.69, 9.17) is 0 Å². The molecule has 1 rings (SSSR count). The van der Waals surface area contributed by atoms with E-state index < -0.39 is 0 Å². The summed E-state index contributed by atoms with van der Waals surface area (Å²) in [5, 5.41) is 0.643. The van der Waals surface area contributed by atoms with Crippen molar-refractivity contribution >= 4 is 29.3 Å². The highest BCUT2D eigenvalue weighted by Gasteiger charge is 2.27. The Hall–Kier alpha value is -0.0700. The number of ketones is 1. The maximum Gasteiger partial charge on any atom is 0.158 e. The van der Waals surface area contributed by atoms with Gasteiger partial charge in [-0.2, -0.15) is 11.8 Å². The number of carbonyl (C=O) groups excluding carboxylic acids is 1. The molecule has 1 aliphatic heterocycles. The normalized spacial score (nSPS) is 27.5. The molecule has 0 spiro atoms. The summed E-state index contributed by atoms with van der Waals surface area (Å²) in [6.07, 6.45) is 0.430. The molecule has 1 nitrogen and oxygen atoms in total. The summed E-state index contributed by atoms with van der Waals surface area (Å²) >= 11 is 3.69. The van der Waals surface area contributed by atoms with Gasteiger partial charge in [0.05, 0.1) is 11.7 Å². The number of carbonyl (C=O) groups is 1. The molecule has 13 heavy (non-hydrogen) atoms. The molecule has 0 aliphatic carbocycles. The fraction of sp³-hybridized carbons (Fsp3) is 0.700. The largest absolute Gasteiger partial charge is 0.297 e. The van der Waals surface area contributed by atoms with Crippen LogP contribution in [-0.2, 0) is 4.79 Å². The molecule has 0 aromatic heterocycles. The molecule has 3 heteroatoms. The Labute approximate surface area is 88.4 Å². The van der Waals surface area contributed by atoms with Gasteiger partial charge in [0, 0.05) is 16.8 Å². The van der Waals surface area contributed by atoms with Crippen molar-refractivity contribution in [3.8, 4) is 11.8 Å². The second-order valence-corrected chi connectivity index (χ2v) is 5.67. The first-order chi connectivity index (χ1) is 6.25. The second kappa shape index (κ2) is 5.62. The monoisotopic (exact) mass is 214 g/mol. The van der Waals surface area contributed by atoms with Crippen molar-refractivity contribution in [2.24, 2.45) is 0 Å². The number of rotatable bonds is 2. The van der Waals surface area contributed by atoms with Crippen molar-refractivity contribution in [1.29, 1.82) is 0 Å². The lowest BCUT2D eigenvalue weighted by Gasteiger charge is -2.25. The lowest BCUT2D eigenvalue weighted by atomic mass is 10.2. The third-order valence-electron chi connectivity index (χ3n) is 1.94. The Morgan fingerprint density at radius 2 is 2.15 bits per heavy atom. The van der Waals surface area contributed by atoms with Gasteiger partial charge >= 0.3 is 0 Å². The molecule has 0 N–H and O–H groups in total. The van der Waals surface area contributed by atoms with Crippen molar-refractivity contribution in [2.75, 3.05) is 11.5 Å². The SMILES string of the molecule is CC#CCC(=O)C1SCCSC1C. The smallest absolute Gasteiger partial charge is 0.158 e. The molecule has 0 bridgehead atoms. The average Bonchev–Trinajstić information content (AvgIpc) is 2.15. The van der Waals surface area contributed by atoms with Gasteiger partial charge < -0.3 is 0 Å². The van der Waals surface area contributed by atoms with Gasteiger partial charge in [0.2, 0.25) is 0 Å². The van der Waals surface area contributed by atoms with E-state index in [0.717, 1.165) is 5.75 Å². The van der Waals surface area contributed by atoms with E-state index in [1.54, 1.807) is 18.7 Å². The van der Waals surface area contributed by atoms with Crippen LogP contribution in [0.1, 0.15) is 20.3 Å². The highest BCUT2D eigenvalue weighted by atomic mass is 32.2. The minimum Gasteiger partial charge on any atom is -0.297 e. The first kappa shape index (κ1) is 11.0. The first-order valence-corrected chi connectivity index (χ1v) is 6.51. The van der Waals surface area contributed by atoms with E-state index in [0.29, 0.717) is 17.5 Å². The molecule has 72 valence electrons. The summed E-state index contributed by atoms with van der Waals surface area (Å²) in [4.78, 5) is 11.6. The van der Waals surface area contributed by atoms with Crippen molar-refractivity contribution < 1.29 is 4.79 Å². The minimum atomic E-state index is 0.180. The van der Waals surface area contributed by atoms with Crippen LogP contribution in [0.4, 0.5) is 0 Å². The van der Waals surface area contributed by atoms with Gasteiger partial charge in [-0.25, -0.2) is 0 Å². The summed E-state index contributed by atoms with van der Waals surface area (Å²) < 4.78 is 0. The van der Waals surface area contributed by atoms with Crippen LogP contribution in [0, 0.1) is 11.8 Å². The lowest BCUT2D eigenvalue weighted by Crippen LogP contribution is -2.30. The van der Waals surface area contributed by atoms with Crippen LogP contribution in [0.15, 0.2) is 0 Å². The molecule has 2 unspecified atom stereocenters. The summed E-state index contributed by atoms with van der Waals surface area (Å²) in [5.74, 6) is 8.19. The molecular formula is C10H14OS2. The van der Waals surface area contributed by atoms with Crippen molar-refractivity contribution in [2.45, 2.75) is 30.8 Å². The molecule has 0 aromatic rings. The molecule has 0 aromatic carbocycles. The fourth-order valence-corrected chi connectivity index (χ4v) is 4.00. The Morgan fingerprint density at radius 3 is 2.77 bits per heavy atom. The molecule has 1 heterocycles. The third-order valence-corrected chi connectivity index (χ3v) is 5.08. The van der Waals surface area contributed by atoms with E-state index in [1.165, 1.54) is 5.75 Å². The maximum atomic E-state index is 11.6. The van der Waals surface area contributed by atoms with Crippen LogP contribution in [0.3, 0.4) is 0 Å². The molecule has 0 radical (unpaired) electrons. The van der Waals surface area contributed by atoms with Gasteiger partial charge in [0.1, 0.15) is 0 Å². The standard InChI is InChI=1S/C10H14OS2/c1-3-4-5-9(11)10-8(2)12-6-7-13-10/h8,10H,5-7H2,1-2H3. The maximum absolute atomic E-state index is 11.6. The summed E-state index contributed by atoms with van der Waals surface area (Å²) in [7, 11) is 0. The van der Waals surface area contributed by atoms with Crippen molar-refractivity contribution in [3.05, 3.63) is 0 Å². The van der Waals surface area contributed by atoms with Crippen LogP contribution in [0.5, 0.6) is 0 Å².